The van der Waals surface area contributed by atoms with Gasteiger partial charge < -0.3 is 10.1 Å². The highest BCUT2D eigenvalue weighted by Gasteiger charge is 2.15. The van der Waals surface area contributed by atoms with Gasteiger partial charge in [0.25, 0.3) is 0 Å². The van der Waals surface area contributed by atoms with Gasteiger partial charge in [-0.1, -0.05) is 0 Å². The first-order valence-corrected chi connectivity index (χ1v) is 6.74. The highest BCUT2D eigenvalue weighted by atomic mass is 32.1. The van der Waals surface area contributed by atoms with Crippen LogP contribution in [0.15, 0.2) is 24.3 Å². The van der Waals surface area contributed by atoms with Crippen LogP contribution in [0, 0.1) is 5.82 Å². The number of ether oxygens (including phenoxy) is 1. The van der Waals surface area contributed by atoms with E-state index in [2.05, 4.69) is 10.3 Å². The summed E-state index contributed by atoms with van der Waals surface area (Å²) < 4.78 is 18.2. The van der Waals surface area contributed by atoms with Crippen molar-refractivity contribution in [2.45, 2.75) is 12.8 Å². The fraction of sp³-hybridized carbons (Fsp3) is 0.308. The average molecular weight is 264 g/mol. The normalized spacial score (nSPS) is 13.2. The average Bonchev–Trinajstić information content (AvgIpc) is 2.92. The van der Waals surface area contributed by atoms with Crippen LogP contribution in [0.5, 0.6) is 5.75 Å². The molecule has 1 aliphatic rings. The van der Waals surface area contributed by atoms with Crippen LogP contribution in [-0.2, 0) is 12.8 Å². The Labute approximate surface area is 109 Å². The lowest BCUT2D eigenvalue weighted by molar-refractivity contribution is 0.321. The molecule has 5 heteroatoms. The van der Waals surface area contributed by atoms with E-state index in [4.69, 9.17) is 4.74 Å². The van der Waals surface area contributed by atoms with E-state index in [-0.39, 0.29) is 5.82 Å². The molecule has 0 saturated carbocycles. The van der Waals surface area contributed by atoms with Crippen LogP contribution in [0.3, 0.4) is 0 Å². The van der Waals surface area contributed by atoms with Gasteiger partial charge in [0.2, 0.25) is 0 Å². The van der Waals surface area contributed by atoms with Crippen LogP contribution in [0.2, 0.25) is 0 Å². The van der Waals surface area contributed by atoms with Crippen molar-refractivity contribution in [3.8, 4) is 5.75 Å². The van der Waals surface area contributed by atoms with Crippen molar-refractivity contribution in [3.05, 3.63) is 40.0 Å². The standard InChI is InChI=1S/C13H13FN2OS/c14-9-1-3-10(4-2-9)17-8-6-12-16-13-11(18-12)5-7-15-13/h1-4,15H,5-8H2. The molecule has 1 aliphatic heterocycles. The summed E-state index contributed by atoms with van der Waals surface area (Å²) in [5.74, 6) is 1.49. The second-order valence-corrected chi connectivity index (χ2v) is 5.28. The number of anilines is 1. The minimum atomic E-state index is -0.246. The van der Waals surface area contributed by atoms with Crippen LogP contribution in [-0.4, -0.2) is 18.1 Å². The Kier molecular flexibility index (Phi) is 3.15. The maximum absolute atomic E-state index is 12.7. The molecule has 0 atom stereocenters. The number of nitrogens with zero attached hydrogens (tertiary/aromatic N) is 1. The van der Waals surface area contributed by atoms with E-state index in [1.807, 2.05) is 0 Å². The topological polar surface area (TPSA) is 34.1 Å². The van der Waals surface area contributed by atoms with Crippen molar-refractivity contribution in [1.82, 2.24) is 4.98 Å². The highest BCUT2D eigenvalue weighted by molar-refractivity contribution is 7.12. The Morgan fingerprint density at radius 3 is 2.94 bits per heavy atom. The van der Waals surface area contributed by atoms with E-state index in [0.717, 1.165) is 30.2 Å². The van der Waals surface area contributed by atoms with Gasteiger partial charge in [-0.15, -0.1) is 11.3 Å². The lowest BCUT2D eigenvalue weighted by atomic mass is 10.3. The lowest BCUT2D eigenvalue weighted by Crippen LogP contribution is -2.02. The van der Waals surface area contributed by atoms with E-state index in [0.29, 0.717) is 12.4 Å². The molecule has 0 radical (unpaired) electrons. The summed E-state index contributed by atoms with van der Waals surface area (Å²) in [6.07, 6.45) is 1.86. The molecule has 0 fully saturated rings. The quantitative estimate of drug-likeness (QED) is 0.922. The zero-order valence-electron chi connectivity index (χ0n) is 9.78. The fourth-order valence-corrected chi connectivity index (χ4v) is 2.92. The molecule has 3 rings (SSSR count). The fourth-order valence-electron chi connectivity index (χ4n) is 1.90. The van der Waals surface area contributed by atoms with Crippen LogP contribution in [0.1, 0.15) is 9.88 Å². The first-order valence-electron chi connectivity index (χ1n) is 5.92. The Bertz CT molecular complexity index is 517. The first kappa shape index (κ1) is 11.5. The van der Waals surface area contributed by atoms with Gasteiger partial charge in [-0.25, -0.2) is 9.37 Å². The maximum atomic E-state index is 12.7. The second-order valence-electron chi connectivity index (χ2n) is 4.11. The van der Waals surface area contributed by atoms with Crippen LogP contribution >= 0.6 is 11.3 Å². The molecule has 18 heavy (non-hydrogen) atoms. The number of fused-ring (bicyclic) bond motifs is 1. The van der Waals surface area contributed by atoms with Crippen molar-refractivity contribution in [3.63, 3.8) is 0 Å². The van der Waals surface area contributed by atoms with Crippen molar-refractivity contribution < 1.29 is 9.13 Å². The molecule has 3 nitrogen and oxygen atoms in total. The molecule has 1 aromatic carbocycles. The molecule has 94 valence electrons. The zero-order chi connectivity index (χ0) is 12.4. The number of hydrogen-bond donors (Lipinski definition) is 1. The van der Waals surface area contributed by atoms with Crippen LogP contribution < -0.4 is 10.1 Å². The summed E-state index contributed by atoms with van der Waals surface area (Å²) in [6, 6.07) is 6.08. The van der Waals surface area contributed by atoms with Gasteiger partial charge in [0, 0.05) is 19.4 Å². The van der Waals surface area contributed by atoms with Crippen LogP contribution in [0.4, 0.5) is 10.2 Å². The summed E-state index contributed by atoms with van der Waals surface area (Å²) in [5, 5.41) is 4.34. The number of thiazole rings is 1. The SMILES string of the molecule is Fc1ccc(OCCc2nc3c(s2)CCN3)cc1. The maximum Gasteiger partial charge on any atom is 0.140 e. The number of rotatable bonds is 4. The second kappa shape index (κ2) is 4.94. The molecule has 0 aliphatic carbocycles. The third kappa shape index (κ3) is 2.46. The molecule has 1 N–H and O–H groups in total. The van der Waals surface area contributed by atoms with Gasteiger partial charge >= 0.3 is 0 Å². The molecule has 0 saturated heterocycles. The predicted octanol–water partition coefficient (Wildman–Crippen LogP) is 2.87. The zero-order valence-corrected chi connectivity index (χ0v) is 10.6. The first-order chi connectivity index (χ1) is 8.81. The van der Waals surface area contributed by atoms with Crippen molar-refractivity contribution in [1.29, 1.82) is 0 Å². The van der Waals surface area contributed by atoms with E-state index >= 15 is 0 Å². The minimum absolute atomic E-state index is 0.246. The highest BCUT2D eigenvalue weighted by Crippen LogP contribution is 2.28. The number of nitrogens with one attached hydrogen (secondary N) is 1. The molecule has 0 bridgehead atoms. The number of aromatic nitrogens is 1. The van der Waals surface area contributed by atoms with Crippen molar-refractivity contribution >= 4 is 17.2 Å². The lowest BCUT2D eigenvalue weighted by Gasteiger charge is -2.04. The summed E-state index contributed by atoms with van der Waals surface area (Å²) >= 11 is 1.75. The summed E-state index contributed by atoms with van der Waals surface area (Å²) in [6.45, 7) is 1.57. The Morgan fingerprint density at radius 1 is 1.33 bits per heavy atom. The van der Waals surface area contributed by atoms with Crippen LogP contribution in [0.25, 0.3) is 0 Å². The third-order valence-corrected chi connectivity index (χ3v) is 3.96. The van der Waals surface area contributed by atoms with E-state index < -0.39 is 0 Å². The monoisotopic (exact) mass is 264 g/mol. The van der Waals surface area contributed by atoms with Gasteiger partial charge in [-0.2, -0.15) is 0 Å². The van der Waals surface area contributed by atoms with Gasteiger partial charge in [0.05, 0.1) is 16.5 Å². The Balaban J connectivity index is 1.53. The third-order valence-electron chi connectivity index (χ3n) is 2.78. The molecular weight excluding hydrogens is 251 g/mol. The smallest absolute Gasteiger partial charge is 0.140 e. The van der Waals surface area contributed by atoms with Gasteiger partial charge in [0.15, 0.2) is 0 Å². The van der Waals surface area contributed by atoms with Gasteiger partial charge in [-0.3, -0.25) is 0 Å². The van der Waals surface area contributed by atoms with Gasteiger partial charge in [0.1, 0.15) is 17.4 Å². The van der Waals surface area contributed by atoms with Crippen molar-refractivity contribution in [2.24, 2.45) is 0 Å². The van der Waals surface area contributed by atoms with E-state index in [9.17, 15) is 4.39 Å². The number of halogens is 1. The molecule has 1 aromatic heterocycles. The number of benzene rings is 1. The molecule has 0 spiro atoms. The molecule has 2 aromatic rings. The van der Waals surface area contributed by atoms with Gasteiger partial charge in [-0.05, 0) is 24.3 Å². The van der Waals surface area contributed by atoms with Crippen molar-refractivity contribution in [2.75, 3.05) is 18.5 Å². The van der Waals surface area contributed by atoms with E-state index in [1.165, 1.54) is 17.0 Å². The summed E-state index contributed by atoms with van der Waals surface area (Å²) in [5.41, 5.74) is 0. The minimum Gasteiger partial charge on any atom is -0.493 e. The molecule has 2 heterocycles. The summed E-state index contributed by atoms with van der Waals surface area (Å²) in [7, 11) is 0. The molecule has 0 unspecified atom stereocenters. The van der Waals surface area contributed by atoms with E-state index in [1.54, 1.807) is 23.5 Å². The number of hydrogen-bond acceptors (Lipinski definition) is 4. The molecular formula is C13H13FN2OS. The largest absolute Gasteiger partial charge is 0.493 e. The Morgan fingerprint density at radius 2 is 2.17 bits per heavy atom. The Hall–Kier alpha value is -1.62. The molecule has 0 amide bonds. The predicted molar refractivity (Wildman–Crippen MR) is 69.9 cm³/mol. The summed E-state index contributed by atoms with van der Waals surface area (Å²) in [4.78, 5) is 5.84.